The van der Waals surface area contributed by atoms with E-state index in [4.69, 9.17) is 4.98 Å². The van der Waals surface area contributed by atoms with Gasteiger partial charge in [-0.2, -0.15) is 0 Å². The van der Waals surface area contributed by atoms with E-state index < -0.39 is 0 Å². The highest BCUT2D eigenvalue weighted by molar-refractivity contribution is 7.21. The molecule has 2 heterocycles. The Morgan fingerprint density at radius 3 is 2.43 bits per heavy atom. The van der Waals surface area contributed by atoms with Crippen LogP contribution in [0.5, 0.6) is 0 Å². The van der Waals surface area contributed by atoms with Crippen molar-refractivity contribution in [3.8, 4) is 21.7 Å². The van der Waals surface area contributed by atoms with Crippen LogP contribution in [0.1, 0.15) is 36.0 Å². The molecule has 0 bridgehead atoms. The van der Waals surface area contributed by atoms with Gasteiger partial charge < -0.3 is 0 Å². The number of aromatic nitrogens is 1. The number of rotatable bonds is 4. The van der Waals surface area contributed by atoms with Gasteiger partial charge in [-0.3, -0.25) is 4.90 Å². The van der Waals surface area contributed by atoms with Gasteiger partial charge in [-0.05, 0) is 73.7 Å². The molecule has 152 valence electrons. The Labute approximate surface area is 183 Å². The maximum Gasteiger partial charge on any atom is 0.124 e. The van der Waals surface area contributed by atoms with Crippen molar-refractivity contribution in [3.05, 3.63) is 77.4 Å². The van der Waals surface area contributed by atoms with Crippen LogP contribution in [0.25, 0.3) is 31.9 Å². The maximum atomic E-state index is 5.07. The largest absolute Gasteiger partial charge is 0.299 e. The summed E-state index contributed by atoms with van der Waals surface area (Å²) < 4.78 is 1.31. The molecule has 0 saturated carbocycles. The first kappa shape index (κ1) is 19.5. The van der Waals surface area contributed by atoms with Crippen molar-refractivity contribution in [2.75, 3.05) is 13.1 Å². The summed E-state index contributed by atoms with van der Waals surface area (Å²) in [7, 11) is 0. The smallest absolute Gasteiger partial charge is 0.124 e. The van der Waals surface area contributed by atoms with Crippen molar-refractivity contribution in [1.82, 2.24) is 9.88 Å². The van der Waals surface area contributed by atoms with Crippen LogP contribution in [0.4, 0.5) is 0 Å². The number of benzene rings is 3. The van der Waals surface area contributed by atoms with E-state index in [-0.39, 0.29) is 0 Å². The minimum absolute atomic E-state index is 1.06. The number of fused-ring (bicyclic) bond motifs is 1. The fourth-order valence-corrected chi connectivity index (χ4v) is 5.84. The quantitative estimate of drug-likeness (QED) is 0.351. The van der Waals surface area contributed by atoms with Crippen LogP contribution >= 0.6 is 11.3 Å². The van der Waals surface area contributed by atoms with Crippen molar-refractivity contribution >= 4 is 21.6 Å². The molecule has 1 fully saturated rings. The predicted molar refractivity (Wildman–Crippen MR) is 129 cm³/mol. The molecule has 2 nitrogen and oxygen atoms in total. The van der Waals surface area contributed by atoms with Gasteiger partial charge in [0.2, 0.25) is 0 Å². The summed E-state index contributed by atoms with van der Waals surface area (Å²) in [4.78, 5) is 7.67. The highest BCUT2D eigenvalue weighted by atomic mass is 32.1. The van der Waals surface area contributed by atoms with Crippen LogP contribution in [0.2, 0.25) is 0 Å². The summed E-state index contributed by atoms with van der Waals surface area (Å²) in [5, 5.41) is 1.12. The minimum atomic E-state index is 1.06. The Hall–Kier alpha value is -2.49. The summed E-state index contributed by atoms with van der Waals surface area (Å²) in [5.74, 6) is 0. The first-order valence-electron chi connectivity index (χ1n) is 11.0. The second-order valence-electron chi connectivity index (χ2n) is 8.46. The van der Waals surface area contributed by atoms with Gasteiger partial charge in [0, 0.05) is 12.1 Å². The van der Waals surface area contributed by atoms with Gasteiger partial charge in [-0.1, -0.05) is 61.0 Å². The van der Waals surface area contributed by atoms with Gasteiger partial charge in [0.25, 0.3) is 0 Å². The van der Waals surface area contributed by atoms with E-state index in [1.54, 1.807) is 0 Å². The molecule has 0 spiro atoms. The number of piperidine rings is 1. The van der Waals surface area contributed by atoms with Crippen molar-refractivity contribution in [2.45, 2.75) is 39.7 Å². The Bertz CT molecular complexity index is 1170. The van der Waals surface area contributed by atoms with Gasteiger partial charge in [0.15, 0.2) is 0 Å². The molecule has 1 saturated heterocycles. The van der Waals surface area contributed by atoms with Gasteiger partial charge in [-0.25, -0.2) is 4.98 Å². The number of nitrogens with zero attached hydrogens (tertiary/aromatic N) is 2. The number of thiazole rings is 1. The molecule has 1 aliphatic rings. The van der Waals surface area contributed by atoms with Crippen molar-refractivity contribution in [2.24, 2.45) is 0 Å². The lowest BCUT2D eigenvalue weighted by molar-refractivity contribution is 0.221. The molecule has 3 heteroatoms. The molecule has 4 aromatic rings. The first-order chi connectivity index (χ1) is 14.7. The lowest BCUT2D eigenvalue weighted by Gasteiger charge is -2.26. The Morgan fingerprint density at radius 1 is 0.867 bits per heavy atom. The van der Waals surface area contributed by atoms with Crippen LogP contribution < -0.4 is 0 Å². The highest BCUT2D eigenvalue weighted by Gasteiger charge is 2.15. The summed E-state index contributed by atoms with van der Waals surface area (Å²) in [6.07, 6.45) is 4.06. The molecule has 0 atom stereocenters. The molecule has 0 amide bonds. The molecule has 1 aromatic heterocycles. The molecule has 5 rings (SSSR count). The topological polar surface area (TPSA) is 16.1 Å². The Morgan fingerprint density at radius 2 is 1.63 bits per heavy atom. The summed E-state index contributed by atoms with van der Waals surface area (Å²) in [6, 6.07) is 21.9. The van der Waals surface area contributed by atoms with Gasteiger partial charge in [-0.15, -0.1) is 11.3 Å². The van der Waals surface area contributed by atoms with E-state index in [1.807, 2.05) is 11.3 Å². The van der Waals surface area contributed by atoms with E-state index in [1.165, 1.54) is 70.4 Å². The lowest BCUT2D eigenvalue weighted by atomic mass is 9.97. The third kappa shape index (κ3) is 3.80. The SMILES string of the molecule is Cc1c(-c2ccccc2)cccc1-c1nc2c(C)cc(CN3CCCCC3)cc2s1. The molecule has 1 aliphatic heterocycles. The average Bonchev–Trinajstić information content (AvgIpc) is 3.20. The minimum Gasteiger partial charge on any atom is -0.299 e. The zero-order valence-corrected chi connectivity index (χ0v) is 18.6. The number of hydrogen-bond acceptors (Lipinski definition) is 3. The third-order valence-electron chi connectivity index (χ3n) is 6.25. The second kappa shape index (κ2) is 8.33. The van der Waals surface area contributed by atoms with Crippen LogP contribution in [0, 0.1) is 13.8 Å². The second-order valence-corrected chi connectivity index (χ2v) is 9.49. The fraction of sp³-hybridized carbons (Fsp3) is 0.296. The molecule has 0 N–H and O–H groups in total. The first-order valence-corrected chi connectivity index (χ1v) is 11.8. The van der Waals surface area contributed by atoms with Crippen LogP contribution in [0.3, 0.4) is 0 Å². The summed E-state index contributed by atoms with van der Waals surface area (Å²) in [5.41, 5.74) is 8.96. The zero-order chi connectivity index (χ0) is 20.5. The van der Waals surface area contributed by atoms with Gasteiger partial charge >= 0.3 is 0 Å². The molecule has 0 unspecified atom stereocenters. The monoisotopic (exact) mass is 412 g/mol. The third-order valence-corrected chi connectivity index (χ3v) is 7.28. The lowest BCUT2D eigenvalue weighted by Crippen LogP contribution is -2.29. The van der Waals surface area contributed by atoms with E-state index >= 15 is 0 Å². The highest BCUT2D eigenvalue weighted by Crippen LogP contribution is 2.37. The molecule has 0 radical (unpaired) electrons. The van der Waals surface area contributed by atoms with Crippen molar-refractivity contribution in [1.29, 1.82) is 0 Å². The van der Waals surface area contributed by atoms with Crippen molar-refractivity contribution < 1.29 is 0 Å². The van der Waals surface area contributed by atoms with E-state index in [9.17, 15) is 0 Å². The molecule has 0 aliphatic carbocycles. The fourth-order valence-electron chi connectivity index (χ4n) is 4.65. The number of likely N-dealkylation sites (tertiary alicyclic amines) is 1. The van der Waals surface area contributed by atoms with Crippen LogP contribution in [-0.2, 0) is 6.54 Å². The van der Waals surface area contributed by atoms with E-state index in [2.05, 4.69) is 79.4 Å². The van der Waals surface area contributed by atoms with Gasteiger partial charge in [0.1, 0.15) is 5.01 Å². The molecular weight excluding hydrogens is 384 g/mol. The van der Waals surface area contributed by atoms with E-state index in [0.29, 0.717) is 0 Å². The Balaban J connectivity index is 1.52. The van der Waals surface area contributed by atoms with E-state index in [0.717, 1.165) is 17.1 Å². The predicted octanol–water partition coefficient (Wildman–Crippen LogP) is 7.23. The summed E-state index contributed by atoms with van der Waals surface area (Å²) >= 11 is 1.83. The molecular formula is C27H28N2S. The summed E-state index contributed by atoms with van der Waals surface area (Å²) in [6.45, 7) is 7.96. The molecule has 3 aromatic carbocycles. The number of hydrogen-bond donors (Lipinski definition) is 0. The Kier molecular flexibility index (Phi) is 5.41. The average molecular weight is 413 g/mol. The van der Waals surface area contributed by atoms with Crippen LogP contribution in [-0.4, -0.2) is 23.0 Å². The van der Waals surface area contributed by atoms with Gasteiger partial charge in [0.05, 0.1) is 10.2 Å². The zero-order valence-electron chi connectivity index (χ0n) is 17.8. The normalized spacial score (nSPS) is 15.0. The molecule has 30 heavy (non-hydrogen) atoms. The van der Waals surface area contributed by atoms with Crippen molar-refractivity contribution in [3.63, 3.8) is 0 Å². The maximum absolute atomic E-state index is 5.07. The van der Waals surface area contributed by atoms with Crippen LogP contribution in [0.15, 0.2) is 60.7 Å². The standard InChI is InChI=1S/C27H28N2S/c1-19-16-21(18-29-14-7-4-8-15-29)17-25-26(19)28-27(30-25)24-13-9-12-23(20(24)2)22-10-5-3-6-11-22/h3,5-6,9-13,16-17H,4,7-8,14-15,18H2,1-2H3. The number of aryl methyl sites for hydroxylation is 1.